The van der Waals surface area contributed by atoms with Gasteiger partial charge in [0.25, 0.3) is 0 Å². The molecular weight excluding hydrogens is 331 g/mol. The molecule has 0 saturated carbocycles. The van der Waals surface area contributed by atoms with Crippen LogP contribution >= 0.6 is 0 Å². The van der Waals surface area contributed by atoms with Gasteiger partial charge >= 0.3 is 0 Å². The number of hydrogen-bond donors (Lipinski definition) is 2. The Morgan fingerprint density at radius 1 is 0.962 bits per heavy atom. The summed E-state index contributed by atoms with van der Waals surface area (Å²) < 4.78 is 12.9. The molecule has 1 heterocycles. The van der Waals surface area contributed by atoms with Crippen molar-refractivity contribution in [2.45, 2.75) is 19.9 Å². The van der Waals surface area contributed by atoms with Crippen LogP contribution in [0.25, 0.3) is 0 Å². The molecule has 6 heteroatoms. The highest BCUT2D eigenvalue weighted by Gasteiger charge is 2.06. The number of hydrogen-bond acceptors (Lipinski definition) is 4. The minimum Gasteiger partial charge on any atom is -0.365 e. The van der Waals surface area contributed by atoms with E-state index in [2.05, 4.69) is 26.9 Å². The zero-order chi connectivity index (χ0) is 18.4. The zero-order valence-electron chi connectivity index (χ0n) is 14.4. The van der Waals surface area contributed by atoms with E-state index >= 15 is 0 Å². The molecule has 2 aromatic carbocycles. The number of aromatic nitrogens is 2. The average molecular weight is 350 g/mol. The van der Waals surface area contributed by atoms with Crippen LogP contribution in [0.2, 0.25) is 0 Å². The first kappa shape index (κ1) is 17.5. The molecule has 0 aliphatic heterocycles. The standard InChI is InChI=1S/C20H19FN4O/c1-14-3-2-4-16(11-14)13-22-18-9-10-19(25-24-18)23-20(26)12-15-5-7-17(21)8-6-15/h2-11H,12-13H2,1H3,(H,22,24)(H,23,25,26). The summed E-state index contributed by atoms with van der Waals surface area (Å²) in [6.45, 7) is 2.69. The lowest BCUT2D eigenvalue weighted by molar-refractivity contribution is -0.115. The molecule has 132 valence electrons. The Hall–Kier alpha value is -3.28. The van der Waals surface area contributed by atoms with E-state index in [0.717, 1.165) is 11.1 Å². The van der Waals surface area contributed by atoms with E-state index < -0.39 is 0 Å². The summed E-state index contributed by atoms with van der Waals surface area (Å²) in [6, 6.07) is 17.5. The predicted molar refractivity (Wildman–Crippen MR) is 99.3 cm³/mol. The number of benzene rings is 2. The highest BCUT2D eigenvalue weighted by Crippen LogP contribution is 2.10. The van der Waals surface area contributed by atoms with Crippen molar-refractivity contribution in [3.63, 3.8) is 0 Å². The van der Waals surface area contributed by atoms with Gasteiger partial charge in [-0.3, -0.25) is 4.79 Å². The van der Waals surface area contributed by atoms with Gasteiger partial charge in [-0.15, -0.1) is 10.2 Å². The molecule has 5 nitrogen and oxygen atoms in total. The normalized spacial score (nSPS) is 10.4. The predicted octanol–water partition coefficient (Wildman–Crippen LogP) is 3.72. The van der Waals surface area contributed by atoms with Crippen LogP contribution in [-0.4, -0.2) is 16.1 Å². The van der Waals surface area contributed by atoms with E-state index in [1.165, 1.54) is 17.7 Å². The molecule has 3 rings (SSSR count). The van der Waals surface area contributed by atoms with E-state index in [9.17, 15) is 9.18 Å². The van der Waals surface area contributed by atoms with Crippen molar-refractivity contribution in [1.82, 2.24) is 10.2 Å². The quantitative estimate of drug-likeness (QED) is 0.711. The molecule has 26 heavy (non-hydrogen) atoms. The number of carbonyl (C=O) groups is 1. The highest BCUT2D eigenvalue weighted by molar-refractivity contribution is 5.91. The highest BCUT2D eigenvalue weighted by atomic mass is 19.1. The van der Waals surface area contributed by atoms with Crippen molar-refractivity contribution in [1.29, 1.82) is 0 Å². The molecule has 0 spiro atoms. The molecule has 1 aromatic heterocycles. The van der Waals surface area contributed by atoms with Gasteiger partial charge in [0.15, 0.2) is 5.82 Å². The minimum atomic E-state index is -0.325. The molecule has 1 amide bonds. The topological polar surface area (TPSA) is 66.9 Å². The van der Waals surface area contributed by atoms with Crippen LogP contribution in [0.5, 0.6) is 0 Å². The lowest BCUT2D eigenvalue weighted by atomic mass is 10.1. The van der Waals surface area contributed by atoms with Crippen LogP contribution in [0.4, 0.5) is 16.0 Å². The minimum absolute atomic E-state index is 0.148. The number of nitrogens with one attached hydrogen (secondary N) is 2. The molecular formula is C20H19FN4O. The van der Waals surface area contributed by atoms with Crippen molar-refractivity contribution in [3.8, 4) is 0 Å². The third-order valence-electron chi connectivity index (χ3n) is 3.77. The number of nitrogens with zero attached hydrogens (tertiary/aromatic N) is 2. The van der Waals surface area contributed by atoms with Gasteiger partial charge in [0.1, 0.15) is 11.6 Å². The monoisotopic (exact) mass is 350 g/mol. The summed E-state index contributed by atoms with van der Waals surface area (Å²) in [6.07, 6.45) is 0.148. The SMILES string of the molecule is Cc1cccc(CNc2ccc(NC(=O)Cc3ccc(F)cc3)nn2)c1. The maximum atomic E-state index is 12.9. The first-order valence-corrected chi connectivity index (χ1v) is 8.26. The molecule has 0 fully saturated rings. The van der Waals surface area contributed by atoms with E-state index in [1.54, 1.807) is 24.3 Å². The van der Waals surface area contributed by atoms with E-state index in [4.69, 9.17) is 0 Å². The van der Waals surface area contributed by atoms with Gasteiger partial charge in [0, 0.05) is 6.54 Å². The van der Waals surface area contributed by atoms with Crippen molar-refractivity contribution in [3.05, 3.63) is 83.2 Å². The summed E-state index contributed by atoms with van der Waals surface area (Å²) in [5.74, 6) is 0.446. The summed E-state index contributed by atoms with van der Waals surface area (Å²) in [7, 11) is 0. The number of halogens is 1. The first-order valence-electron chi connectivity index (χ1n) is 8.26. The third-order valence-corrected chi connectivity index (χ3v) is 3.77. The van der Waals surface area contributed by atoms with Gasteiger partial charge in [-0.05, 0) is 42.3 Å². The van der Waals surface area contributed by atoms with Crippen LogP contribution < -0.4 is 10.6 Å². The second-order valence-corrected chi connectivity index (χ2v) is 6.00. The molecule has 0 bridgehead atoms. The molecule has 0 aliphatic carbocycles. The second-order valence-electron chi connectivity index (χ2n) is 6.00. The fourth-order valence-corrected chi connectivity index (χ4v) is 2.48. The Morgan fingerprint density at radius 2 is 1.69 bits per heavy atom. The van der Waals surface area contributed by atoms with Crippen molar-refractivity contribution in [2.24, 2.45) is 0 Å². The maximum Gasteiger partial charge on any atom is 0.229 e. The van der Waals surface area contributed by atoms with Crippen LogP contribution in [-0.2, 0) is 17.8 Å². The third kappa shape index (κ3) is 5.11. The molecule has 0 unspecified atom stereocenters. The van der Waals surface area contributed by atoms with Gasteiger partial charge < -0.3 is 10.6 Å². The fraction of sp³-hybridized carbons (Fsp3) is 0.150. The van der Waals surface area contributed by atoms with E-state index in [1.807, 2.05) is 25.1 Å². The van der Waals surface area contributed by atoms with Crippen LogP contribution in [0, 0.1) is 12.7 Å². The number of aryl methyl sites for hydroxylation is 1. The summed E-state index contributed by atoms with van der Waals surface area (Å²) in [4.78, 5) is 12.0. The Bertz CT molecular complexity index is 879. The number of rotatable bonds is 6. The van der Waals surface area contributed by atoms with Gasteiger partial charge in [0.2, 0.25) is 5.91 Å². The molecule has 0 atom stereocenters. The maximum absolute atomic E-state index is 12.9. The average Bonchev–Trinajstić information content (AvgIpc) is 2.63. The fourth-order valence-electron chi connectivity index (χ4n) is 2.48. The number of anilines is 2. The zero-order valence-corrected chi connectivity index (χ0v) is 14.4. The first-order chi connectivity index (χ1) is 12.6. The summed E-state index contributed by atoms with van der Waals surface area (Å²) in [5, 5.41) is 13.9. The lowest BCUT2D eigenvalue weighted by Crippen LogP contribution is -2.16. The molecule has 3 aromatic rings. The Morgan fingerprint density at radius 3 is 2.38 bits per heavy atom. The summed E-state index contributed by atoms with van der Waals surface area (Å²) in [5.41, 5.74) is 3.09. The second kappa shape index (κ2) is 8.20. The largest absolute Gasteiger partial charge is 0.365 e. The van der Waals surface area contributed by atoms with Gasteiger partial charge in [-0.2, -0.15) is 0 Å². The van der Waals surface area contributed by atoms with Crippen molar-refractivity contribution >= 4 is 17.5 Å². The van der Waals surface area contributed by atoms with E-state index in [0.29, 0.717) is 18.2 Å². The van der Waals surface area contributed by atoms with E-state index in [-0.39, 0.29) is 18.1 Å². The van der Waals surface area contributed by atoms with Gasteiger partial charge in [0.05, 0.1) is 6.42 Å². The van der Waals surface area contributed by atoms with Gasteiger partial charge in [-0.1, -0.05) is 42.0 Å². The number of carbonyl (C=O) groups excluding carboxylic acids is 1. The Kier molecular flexibility index (Phi) is 5.53. The van der Waals surface area contributed by atoms with Crippen molar-refractivity contribution in [2.75, 3.05) is 10.6 Å². The Labute approximate surface area is 151 Å². The number of amides is 1. The molecule has 0 aliphatic rings. The van der Waals surface area contributed by atoms with Crippen molar-refractivity contribution < 1.29 is 9.18 Å². The summed E-state index contributed by atoms with van der Waals surface area (Å²) >= 11 is 0. The molecule has 0 radical (unpaired) electrons. The molecule has 2 N–H and O–H groups in total. The Balaban J connectivity index is 1.52. The lowest BCUT2D eigenvalue weighted by Gasteiger charge is -2.07. The van der Waals surface area contributed by atoms with Crippen LogP contribution in [0.15, 0.2) is 60.7 Å². The van der Waals surface area contributed by atoms with Gasteiger partial charge in [-0.25, -0.2) is 4.39 Å². The van der Waals surface area contributed by atoms with Crippen LogP contribution in [0.3, 0.4) is 0 Å². The smallest absolute Gasteiger partial charge is 0.229 e. The van der Waals surface area contributed by atoms with Crippen LogP contribution in [0.1, 0.15) is 16.7 Å². The molecule has 0 saturated heterocycles.